The van der Waals surface area contributed by atoms with E-state index in [2.05, 4.69) is 21.2 Å². The fourth-order valence-corrected chi connectivity index (χ4v) is 2.52. The molecule has 0 unspecified atom stereocenters. The van der Waals surface area contributed by atoms with Gasteiger partial charge in [0, 0.05) is 28.3 Å². The standard InChI is InChI=1S/C15H15BrN2O2/c1-10-6-11(2)15(18(19)20)8-14(10)17-9-12-4-3-5-13(16)7-12/h3-8,17H,9H2,1-2H3. The summed E-state index contributed by atoms with van der Waals surface area (Å²) in [6.07, 6.45) is 0. The number of nitrogens with zero attached hydrogens (tertiary/aromatic N) is 1. The van der Waals surface area contributed by atoms with E-state index in [1.807, 2.05) is 37.3 Å². The second-order valence-electron chi connectivity index (χ2n) is 4.69. The average Bonchev–Trinajstić information content (AvgIpc) is 2.37. The summed E-state index contributed by atoms with van der Waals surface area (Å²) in [4.78, 5) is 10.6. The third kappa shape index (κ3) is 3.36. The molecule has 2 rings (SSSR count). The van der Waals surface area contributed by atoms with Gasteiger partial charge >= 0.3 is 0 Å². The number of hydrogen-bond acceptors (Lipinski definition) is 3. The van der Waals surface area contributed by atoms with Crippen LogP contribution in [0.4, 0.5) is 11.4 Å². The van der Waals surface area contributed by atoms with Crippen LogP contribution in [0.5, 0.6) is 0 Å². The van der Waals surface area contributed by atoms with Crippen LogP contribution in [-0.2, 0) is 6.54 Å². The van der Waals surface area contributed by atoms with Crippen LogP contribution in [0.25, 0.3) is 0 Å². The van der Waals surface area contributed by atoms with Crippen molar-refractivity contribution in [3.8, 4) is 0 Å². The van der Waals surface area contributed by atoms with Gasteiger partial charge in [0.15, 0.2) is 0 Å². The minimum Gasteiger partial charge on any atom is -0.381 e. The van der Waals surface area contributed by atoms with Gasteiger partial charge < -0.3 is 5.32 Å². The lowest BCUT2D eigenvalue weighted by Crippen LogP contribution is -2.03. The molecule has 5 heteroatoms. The summed E-state index contributed by atoms with van der Waals surface area (Å²) in [5.41, 5.74) is 3.74. The normalized spacial score (nSPS) is 10.3. The number of aryl methyl sites for hydroxylation is 2. The van der Waals surface area contributed by atoms with Crippen molar-refractivity contribution in [1.82, 2.24) is 0 Å². The van der Waals surface area contributed by atoms with Crippen molar-refractivity contribution in [2.45, 2.75) is 20.4 Å². The van der Waals surface area contributed by atoms with Crippen LogP contribution >= 0.6 is 15.9 Å². The van der Waals surface area contributed by atoms with E-state index in [9.17, 15) is 10.1 Å². The van der Waals surface area contributed by atoms with Crippen LogP contribution in [0.3, 0.4) is 0 Å². The first-order chi connectivity index (χ1) is 9.47. The summed E-state index contributed by atoms with van der Waals surface area (Å²) in [5, 5.41) is 14.2. The Morgan fingerprint density at radius 1 is 1.20 bits per heavy atom. The molecule has 0 spiro atoms. The van der Waals surface area contributed by atoms with E-state index in [-0.39, 0.29) is 10.6 Å². The van der Waals surface area contributed by atoms with Crippen molar-refractivity contribution < 1.29 is 4.92 Å². The molecule has 1 N–H and O–H groups in total. The lowest BCUT2D eigenvalue weighted by atomic mass is 10.1. The van der Waals surface area contributed by atoms with Crippen LogP contribution in [0.2, 0.25) is 0 Å². The van der Waals surface area contributed by atoms with Gasteiger partial charge in [-0.1, -0.05) is 28.1 Å². The van der Waals surface area contributed by atoms with Gasteiger partial charge in [0.25, 0.3) is 5.69 Å². The maximum atomic E-state index is 11.0. The van der Waals surface area contributed by atoms with Gasteiger partial charge in [-0.25, -0.2) is 0 Å². The van der Waals surface area contributed by atoms with E-state index in [1.54, 1.807) is 13.0 Å². The Morgan fingerprint density at radius 3 is 2.60 bits per heavy atom. The molecule has 104 valence electrons. The number of nitrogens with one attached hydrogen (secondary N) is 1. The van der Waals surface area contributed by atoms with Gasteiger partial charge in [-0.15, -0.1) is 0 Å². The first-order valence-corrected chi connectivity index (χ1v) is 7.00. The molecule has 2 aromatic carbocycles. The molecule has 0 radical (unpaired) electrons. The van der Waals surface area contributed by atoms with Crippen molar-refractivity contribution in [3.05, 3.63) is 67.7 Å². The first-order valence-electron chi connectivity index (χ1n) is 6.21. The molecular formula is C15H15BrN2O2. The molecule has 0 aliphatic heterocycles. The SMILES string of the molecule is Cc1cc(C)c([N+](=O)[O-])cc1NCc1cccc(Br)c1. The van der Waals surface area contributed by atoms with Gasteiger partial charge in [-0.3, -0.25) is 10.1 Å². The molecular weight excluding hydrogens is 320 g/mol. The Hall–Kier alpha value is -1.88. The van der Waals surface area contributed by atoms with Crippen LogP contribution in [0, 0.1) is 24.0 Å². The maximum absolute atomic E-state index is 11.0. The smallest absolute Gasteiger partial charge is 0.274 e. The Balaban J connectivity index is 2.21. The molecule has 0 atom stereocenters. The minimum absolute atomic E-state index is 0.146. The summed E-state index contributed by atoms with van der Waals surface area (Å²) >= 11 is 3.43. The molecule has 0 fully saturated rings. The molecule has 0 amide bonds. The van der Waals surface area contributed by atoms with Crippen molar-refractivity contribution >= 4 is 27.3 Å². The van der Waals surface area contributed by atoms with E-state index in [0.29, 0.717) is 12.1 Å². The van der Waals surface area contributed by atoms with Crippen LogP contribution in [0.1, 0.15) is 16.7 Å². The second-order valence-corrected chi connectivity index (χ2v) is 5.61. The van der Waals surface area contributed by atoms with Crippen molar-refractivity contribution in [3.63, 3.8) is 0 Å². The summed E-state index contributed by atoms with van der Waals surface area (Å²) < 4.78 is 1.02. The quantitative estimate of drug-likeness (QED) is 0.657. The maximum Gasteiger partial charge on any atom is 0.274 e. The topological polar surface area (TPSA) is 55.2 Å². The van der Waals surface area contributed by atoms with Crippen molar-refractivity contribution in [2.75, 3.05) is 5.32 Å². The largest absolute Gasteiger partial charge is 0.381 e. The summed E-state index contributed by atoms with van der Waals surface area (Å²) in [7, 11) is 0. The number of anilines is 1. The molecule has 0 bridgehead atoms. The highest BCUT2D eigenvalue weighted by molar-refractivity contribution is 9.10. The molecule has 0 aliphatic rings. The van der Waals surface area contributed by atoms with Crippen molar-refractivity contribution in [2.24, 2.45) is 0 Å². The van der Waals surface area contributed by atoms with Gasteiger partial charge in [0.05, 0.1) is 4.92 Å². The third-order valence-electron chi connectivity index (χ3n) is 3.11. The monoisotopic (exact) mass is 334 g/mol. The lowest BCUT2D eigenvalue weighted by Gasteiger charge is -2.11. The Kier molecular flexibility index (Phi) is 4.39. The molecule has 0 aliphatic carbocycles. The number of nitro benzene ring substituents is 1. The minimum atomic E-state index is -0.348. The Labute approximate surface area is 126 Å². The molecule has 2 aromatic rings. The highest BCUT2D eigenvalue weighted by atomic mass is 79.9. The fourth-order valence-electron chi connectivity index (χ4n) is 2.07. The molecule has 20 heavy (non-hydrogen) atoms. The molecule has 0 aromatic heterocycles. The van der Waals surface area contributed by atoms with Crippen molar-refractivity contribution in [1.29, 1.82) is 0 Å². The molecule has 0 heterocycles. The molecule has 0 saturated carbocycles. The van der Waals surface area contributed by atoms with E-state index in [4.69, 9.17) is 0 Å². The number of hydrogen-bond donors (Lipinski definition) is 1. The highest BCUT2D eigenvalue weighted by Gasteiger charge is 2.13. The second kappa shape index (κ2) is 6.05. The zero-order valence-electron chi connectivity index (χ0n) is 11.3. The predicted molar refractivity (Wildman–Crippen MR) is 84.0 cm³/mol. The van der Waals surface area contributed by atoms with Gasteiger partial charge in [-0.2, -0.15) is 0 Å². The molecule has 0 saturated heterocycles. The summed E-state index contributed by atoms with van der Waals surface area (Å²) in [6.45, 7) is 4.32. The lowest BCUT2D eigenvalue weighted by molar-refractivity contribution is -0.385. The molecule has 4 nitrogen and oxygen atoms in total. The zero-order valence-corrected chi connectivity index (χ0v) is 12.9. The van der Waals surface area contributed by atoms with E-state index in [1.165, 1.54) is 0 Å². The van der Waals surface area contributed by atoms with E-state index >= 15 is 0 Å². The Morgan fingerprint density at radius 2 is 1.95 bits per heavy atom. The Bertz CT molecular complexity index is 656. The summed E-state index contributed by atoms with van der Waals surface area (Å²) in [6, 6.07) is 11.4. The van der Waals surface area contributed by atoms with Crippen LogP contribution < -0.4 is 5.32 Å². The van der Waals surface area contributed by atoms with Gasteiger partial charge in [0.1, 0.15) is 0 Å². The van der Waals surface area contributed by atoms with E-state index < -0.39 is 0 Å². The third-order valence-corrected chi connectivity index (χ3v) is 3.60. The predicted octanol–water partition coefficient (Wildman–Crippen LogP) is 4.59. The summed E-state index contributed by atoms with van der Waals surface area (Å²) in [5.74, 6) is 0. The zero-order chi connectivity index (χ0) is 14.7. The van der Waals surface area contributed by atoms with Crippen LogP contribution in [-0.4, -0.2) is 4.92 Å². The number of halogens is 1. The highest BCUT2D eigenvalue weighted by Crippen LogP contribution is 2.26. The fraction of sp³-hybridized carbons (Fsp3) is 0.200. The number of rotatable bonds is 4. The van der Waals surface area contributed by atoms with Crippen LogP contribution in [0.15, 0.2) is 40.9 Å². The van der Waals surface area contributed by atoms with Gasteiger partial charge in [0.2, 0.25) is 0 Å². The average molecular weight is 335 g/mol. The number of nitro groups is 1. The number of benzene rings is 2. The first kappa shape index (κ1) is 14.5. The van der Waals surface area contributed by atoms with E-state index in [0.717, 1.165) is 21.3 Å². The van der Waals surface area contributed by atoms with Gasteiger partial charge in [-0.05, 0) is 43.2 Å².